The van der Waals surface area contributed by atoms with E-state index in [2.05, 4.69) is 12.2 Å². The maximum absolute atomic E-state index is 15.0. The van der Waals surface area contributed by atoms with Gasteiger partial charge in [0.05, 0.1) is 41.0 Å². The van der Waals surface area contributed by atoms with Crippen molar-refractivity contribution in [1.82, 2.24) is 14.9 Å². The van der Waals surface area contributed by atoms with Crippen LogP contribution >= 0.6 is 0 Å². The molecule has 4 heterocycles. The van der Waals surface area contributed by atoms with Gasteiger partial charge in [-0.1, -0.05) is 20.3 Å². The van der Waals surface area contributed by atoms with Crippen molar-refractivity contribution in [3.63, 3.8) is 0 Å². The Morgan fingerprint density at radius 1 is 1.22 bits per heavy atom. The predicted molar refractivity (Wildman–Crippen MR) is 137 cm³/mol. The van der Waals surface area contributed by atoms with Crippen LogP contribution in [0.25, 0.3) is 22.3 Å². The minimum absolute atomic E-state index is 0.00237. The molecule has 2 aromatic heterocycles. The van der Waals surface area contributed by atoms with Crippen LogP contribution in [0, 0.1) is 12.7 Å². The lowest BCUT2D eigenvalue weighted by molar-refractivity contribution is -0.148. The van der Waals surface area contributed by atoms with Crippen molar-refractivity contribution in [3.8, 4) is 11.4 Å². The first-order chi connectivity index (χ1) is 17.8. The molecular formula is C29H30FN3O4. The van der Waals surface area contributed by atoms with E-state index in [9.17, 15) is 18.8 Å². The van der Waals surface area contributed by atoms with Gasteiger partial charge in [0, 0.05) is 23.4 Å². The van der Waals surface area contributed by atoms with Crippen LogP contribution in [0.5, 0.6) is 0 Å². The van der Waals surface area contributed by atoms with E-state index < -0.39 is 5.92 Å². The lowest BCUT2D eigenvalue weighted by Crippen LogP contribution is -2.33. The zero-order chi connectivity index (χ0) is 26.0. The number of amides is 1. The van der Waals surface area contributed by atoms with Gasteiger partial charge in [0.15, 0.2) is 0 Å². The number of benzene rings is 1. The highest BCUT2D eigenvalue weighted by Gasteiger charge is 2.37. The Balaban J connectivity index is 1.58. The summed E-state index contributed by atoms with van der Waals surface area (Å²) in [5, 5.41) is 4.11. The minimum atomic E-state index is -0.498. The lowest BCUT2D eigenvalue weighted by atomic mass is 9.81. The highest BCUT2D eigenvalue weighted by atomic mass is 19.1. The fraction of sp³-hybridized carbons (Fsp3) is 0.448. The summed E-state index contributed by atoms with van der Waals surface area (Å²) in [7, 11) is 0. The van der Waals surface area contributed by atoms with Crippen LogP contribution in [0.4, 0.5) is 4.39 Å². The number of nitrogens with zero attached hydrogens (tertiary/aromatic N) is 2. The fourth-order valence-electron chi connectivity index (χ4n) is 6.32. The van der Waals surface area contributed by atoms with E-state index in [-0.39, 0.29) is 35.9 Å². The first-order valence-corrected chi connectivity index (χ1v) is 13.2. The third-order valence-corrected chi connectivity index (χ3v) is 8.29. The zero-order valence-corrected chi connectivity index (χ0v) is 21.4. The number of cyclic esters (lactones) is 1. The molecule has 1 amide bonds. The number of fused-ring (bicyclic) bond motifs is 5. The van der Waals surface area contributed by atoms with Crippen LogP contribution in [0.3, 0.4) is 0 Å². The average Bonchev–Trinajstić information content (AvgIpc) is 3.25. The highest BCUT2D eigenvalue weighted by Crippen LogP contribution is 2.45. The molecule has 6 rings (SSSR count). The lowest BCUT2D eigenvalue weighted by Gasteiger charge is -2.29. The van der Waals surface area contributed by atoms with E-state index in [1.54, 1.807) is 11.5 Å². The number of halogens is 1. The molecule has 1 unspecified atom stereocenters. The monoisotopic (exact) mass is 503 g/mol. The molecule has 37 heavy (non-hydrogen) atoms. The van der Waals surface area contributed by atoms with Crippen molar-refractivity contribution in [3.05, 3.63) is 61.7 Å². The molecule has 0 saturated carbocycles. The fourth-order valence-corrected chi connectivity index (χ4v) is 6.32. The standard InChI is InChI=1S/C29H30FN3O4/c1-4-6-7-24(34)31-21-9-8-16-14(3)20(30)11-22-25(16)26(21)18-12-33-23(27(18)32-22)10-17-15(5-2)29(36)37-13-19(17)28(33)35/h10-11,15,21H,4-9,12-13H2,1-3H3,(H,31,34)/t15?,21-/m1/s1. The molecule has 0 spiro atoms. The molecule has 0 bridgehead atoms. The molecule has 1 aromatic carbocycles. The minimum Gasteiger partial charge on any atom is -0.460 e. The van der Waals surface area contributed by atoms with E-state index >= 15 is 0 Å². The smallest absolute Gasteiger partial charge is 0.313 e. The Morgan fingerprint density at radius 2 is 2.03 bits per heavy atom. The van der Waals surface area contributed by atoms with Crippen LogP contribution in [-0.2, 0) is 33.9 Å². The number of hydrogen-bond donors (Lipinski definition) is 1. The Kier molecular flexibility index (Phi) is 5.66. The zero-order valence-electron chi connectivity index (χ0n) is 21.4. The summed E-state index contributed by atoms with van der Waals surface area (Å²) >= 11 is 0. The number of pyridine rings is 2. The summed E-state index contributed by atoms with van der Waals surface area (Å²) in [5.41, 5.74) is 6.16. The number of carbonyl (C=O) groups is 2. The Labute approximate surface area is 214 Å². The molecule has 2 atom stereocenters. The maximum atomic E-state index is 15.0. The topological polar surface area (TPSA) is 90.3 Å². The van der Waals surface area contributed by atoms with Gasteiger partial charge in [-0.15, -0.1) is 0 Å². The molecule has 2 aliphatic heterocycles. The van der Waals surface area contributed by atoms with Gasteiger partial charge in [-0.05, 0) is 60.9 Å². The predicted octanol–water partition coefficient (Wildman–Crippen LogP) is 4.72. The number of rotatable bonds is 5. The van der Waals surface area contributed by atoms with Crippen molar-refractivity contribution in [1.29, 1.82) is 0 Å². The van der Waals surface area contributed by atoms with Crippen molar-refractivity contribution in [2.45, 2.75) is 84.4 Å². The summed E-state index contributed by atoms with van der Waals surface area (Å²) in [6, 6.07) is 3.12. The number of ether oxygens (including phenoxy) is 1. The molecule has 1 N–H and O–H groups in total. The van der Waals surface area contributed by atoms with E-state index in [4.69, 9.17) is 9.72 Å². The summed E-state index contributed by atoms with van der Waals surface area (Å²) in [6.45, 7) is 6.02. The normalized spacial score (nSPS) is 19.3. The van der Waals surface area contributed by atoms with Gasteiger partial charge in [0.1, 0.15) is 12.4 Å². The van der Waals surface area contributed by atoms with Gasteiger partial charge in [-0.3, -0.25) is 14.4 Å². The highest BCUT2D eigenvalue weighted by molar-refractivity contribution is 5.93. The number of esters is 1. The molecule has 7 nitrogen and oxygen atoms in total. The van der Waals surface area contributed by atoms with Crippen molar-refractivity contribution in [2.75, 3.05) is 0 Å². The summed E-state index contributed by atoms with van der Waals surface area (Å²) in [6.07, 6.45) is 4.03. The Bertz CT molecular complexity index is 1560. The second kappa shape index (κ2) is 8.78. The number of unbranched alkanes of at least 4 members (excludes halogenated alkanes) is 1. The van der Waals surface area contributed by atoms with Crippen LogP contribution in [-0.4, -0.2) is 21.4 Å². The van der Waals surface area contributed by atoms with E-state index in [1.807, 2.05) is 13.0 Å². The van der Waals surface area contributed by atoms with E-state index in [0.717, 1.165) is 34.9 Å². The molecule has 3 aromatic rings. The first-order valence-electron chi connectivity index (χ1n) is 13.2. The van der Waals surface area contributed by atoms with Crippen molar-refractivity contribution >= 4 is 22.8 Å². The van der Waals surface area contributed by atoms with Crippen LogP contribution < -0.4 is 10.9 Å². The van der Waals surface area contributed by atoms with Gasteiger partial charge < -0.3 is 14.6 Å². The summed E-state index contributed by atoms with van der Waals surface area (Å²) in [5.74, 6) is -1.13. The van der Waals surface area contributed by atoms with E-state index in [0.29, 0.717) is 65.8 Å². The van der Waals surface area contributed by atoms with Crippen molar-refractivity contribution in [2.24, 2.45) is 0 Å². The molecule has 1 aliphatic carbocycles. The maximum Gasteiger partial charge on any atom is 0.313 e. The second-order valence-electron chi connectivity index (χ2n) is 10.4. The molecule has 192 valence electrons. The van der Waals surface area contributed by atoms with Gasteiger partial charge >= 0.3 is 5.97 Å². The molecule has 0 radical (unpaired) electrons. The van der Waals surface area contributed by atoms with Gasteiger partial charge in [-0.2, -0.15) is 0 Å². The molecule has 0 fully saturated rings. The largest absolute Gasteiger partial charge is 0.460 e. The average molecular weight is 504 g/mol. The third-order valence-electron chi connectivity index (χ3n) is 8.29. The number of nitrogens with one attached hydrogen (secondary N) is 1. The van der Waals surface area contributed by atoms with Crippen LogP contribution in [0.15, 0.2) is 16.9 Å². The Hall–Kier alpha value is -3.55. The summed E-state index contributed by atoms with van der Waals surface area (Å²) in [4.78, 5) is 43.7. The molecule has 3 aliphatic rings. The third kappa shape index (κ3) is 3.52. The van der Waals surface area contributed by atoms with Crippen molar-refractivity contribution < 1.29 is 18.7 Å². The Morgan fingerprint density at radius 3 is 2.78 bits per heavy atom. The molecule has 0 saturated heterocycles. The van der Waals surface area contributed by atoms with Gasteiger partial charge in [0.2, 0.25) is 5.91 Å². The first kappa shape index (κ1) is 23.8. The van der Waals surface area contributed by atoms with Crippen LogP contribution in [0.1, 0.15) is 91.3 Å². The number of carbonyl (C=O) groups excluding carboxylic acids is 2. The second-order valence-corrected chi connectivity index (χ2v) is 10.4. The summed E-state index contributed by atoms with van der Waals surface area (Å²) < 4.78 is 22.0. The van der Waals surface area contributed by atoms with Crippen LogP contribution in [0.2, 0.25) is 0 Å². The number of aryl methyl sites for hydroxylation is 1. The van der Waals surface area contributed by atoms with E-state index in [1.165, 1.54) is 6.07 Å². The quantitative estimate of drug-likeness (QED) is 0.398. The van der Waals surface area contributed by atoms with Gasteiger partial charge in [-0.25, -0.2) is 9.37 Å². The number of aromatic nitrogens is 2. The van der Waals surface area contributed by atoms with Gasteiger partial charge in [0.25, 0.3) is 5.56 Å². The SMILES string of the molecule is CCCCC(=O)N[C@@H]1CCc2c(C)c(F)cc3nc4c(c1c23)Cn1c-4cc2c(c1=O)COC(=O)C2CC. The molecule has 8 heteroatoms. The number of hydrogen-bond acceptors (Lipinski definition) is 5. The molecular weight excluding hydrogens is 473 g/mol.